The van der Waals surface area contributed by atoms with Gasteiger partial charge in [0.15, 0.2) is 0 Å². The topological polar surface area (TPSA) is 13.1 Å². The van der Waals surface area contributed by atoms with Crippen molar-refractivity contribution in [3.63, 3.8) is 0 Å². The van der Waals surface area contributed by atoms with Gasteiger partial charge < -0.3 is 4.42 Å². The average molecular weight is 296 g/mol. The van der Waals surface area contributed by atoms with E-state index in [9.17, 15) is 0 Å². The molecule has 0 unspecified atom stereocenters. The van der Waals surface area contributed by atoms with Gasteiger partial charge in [0.05, 0.1) is 0 Å². The molecule has 0 fully saturated rings. The Morgan fingerprint density at radius 1 is 0.783 bits per heavy atom. The first-order valence-electron chi connectivity index (χ1n) is 7.60. The minimum atomic E-state index is 0.756. The predicted molar refractivity (Wildman–Crippen MR) is 98.4 cm³/mol. The van der Waals surface area contributed by atoms with E-state index in [0.29, 0.717) is 0 Å². The maximum absolute atomic E-state index is 5.77. The van der Waals surface area contributed by atoms with Crippen molar-refractivity contribution < 1.29 is 4.42 Å². The van der Waals surface area contributed by atoms with Gasteiger partial charge in [-0.25, -0.2) is 0 Å². The van der Waals surface area contributed by atoms with E-state index in [1.165, 1.54) is 21.5 Å². The SMILES string of the molecule is C=Cc1ccc(C(=C)c2cccc3c2ccc2ccccc23)o1. The lowest BCUT2D eigenvalue weighted by atomic mass is 9.94. The van der Waals surface area contributed by atoms with Gasteiger partial charge in [-0.1, -0.05) is 67.8 Å². The van der Waals surface area contributed by atoms with Gasteiger partial charge in [-0.15, -0.1) is 0 Å². The number of benzene rings is 3. The molecule has 0 saturated carbocycles. The molecule has 0 saturated heterocycles. The third kappa shape index (κ3) is 2.18. The van der Waals surface area contributed by atoms with Crippen LogP contribution in [0.2, 0.25) is 0 Å². The molecule has 3 aromatic carbocycles. The van der Waals surface area contributed by atoms with Crippen molar-refractivity contribution in [3.8, 4) is 0 Å². The number of fused-ring (bicyclic) bond motifs is 3. The highest BCUT2D eigenvalue weighted by atomic mass is 16.3. The molecule has 4 rings (SSSR count). The van der Waals surface area contributed by atoms with Crippen LogP contribution in [0.3, 0.4) is 0 Å². The third-order valence-electron chi connectivity index (χ3n) is 4.24. The van der Waals surface area contributed by atoms with Crippen molar-refractivity contribution in [1.82, 2.24) is 0 Å². The van der Waals surface area contributed by atoms with Gasteiger partial charge in [0.1, 0.15) is 11.5 Å². The van der Waals surface area contributed by atoms with E-state index in [1.807, 2.05) is 12.1 Å². The molecule has 1 nitrogen and oxygen atoms in total. The van der Waals surface area contributed by atoms with Crippen LogP contribution in [0.15, 0.2) is 84.3 Å². The molecule has 23 heavy (non-hydrogen) atoms. The molecule has 0 aliphatic heterocycles. The molecule has 0 spiro atoms. The highest BCUT2D eigenvalue weighted by molar-refractivity contribution is 6.11. The average Bonchev–Trinajstić information content (AvgIpc) is 3.09. The standard InChI is InChI=1S/C22H16O/c1-3-17-12-14-22(23-17)15(2)18-9-6-10-20-19-8-5-4-7-16(19)11-13-21(18)20/h3-14H,1-2H2. The summed E-state index contributed by atoms with van der Waals surface area (Å²) in [5.74, 6) is 1.53. The van der Waals surface area contributed by atoms with Gasteiger partial charge in [-0.05, 0) is 45.3 Å². The Kier molecular flexibility index (Phi) is 3.13. The first-order valence-corrected chi connectivity index (χ1v) is 7.60. The molecular formula is C22H16O. The Balaban J connectivity index is 1.95. The highest BCUT2D eigenvalue weighted by Gasteiger charge is 2.11. The van der Waals surface area contributed by atoms with E-state index >= 15 is 0 Å². The van der Waals surface area contributed by atoms with Gasteiger partial charge in [-0.2, -0.15) is 0 Å². The Morgan fingerprint density at radius 3 is 2.43 bits per heavy atom. The maximum Gasteiger partial charge on any atom is 0.134 e. The van der Waals surface area contributed by atoms with Crippen LogP contribution in [-0.2, 0) is 0 Å². The summed E-state index contributed by atoms with van der Waals surface area (Å²) >= 11 is 0. The van der Waals surface area contributed by atoms with E-state index in [1.54, 1.807) is 6.08 Å². The first-order chi connectivity index (χ1) is 11.3. The zero-order valence-corrected chi connectivity index (χ0v) is 12.8. The summed E-state index contributed by atoms with van der Waals surface area (Å²) in [7, 11) is 0. The minimum absolute atomic E-state index is 0.756. The minimum Gasteiger partial charge on any atom is -0.457 e. The van der Waals surface area contributed by atoms with Crippen LogP contribution in [0, 0.1) is 0 Å². The smallest absolute Gasteiger partial charge is 0.134 e. The zero-order chi connectivity index (χ0) is 15.8. The van der Waals surface area contributed by atoms with E-state index in [-0.39, 0.29) is 0 Å². The summed E-state index contributed by atoms with van der Waals surface area (Å²) in [6, 6.07) is 22.9. The number of hydrogen-bond acceptors (Lipinski definition) is 1. The lowest BCUT2D eigenvalue weighted by Gasteiger charge is -2.10. The third-order valence-corrected chi connectivity index (χ3v) is 4.24. The quantitative estimate of drug-likeness (QED) is 0.405. The van der Waals surface area contributed by atoms with E-state index in [2.05, 4.69) is 67.8 Å². The number of furan rings is 1. The van der Waals surface area contributed by atoms with Crippen molar-refractivity contribution in [2.24, 2.45) is 0 Å². The zero-order valence-electron chi connectivity index (χ0n) is 12.8. The molecule has 0 bridgehead atoms. The molecule has 0 amide bonds. The fourth-order valence-electron chi connectivity index (χ4n) is 3.06. The second-order valence-electron chi connectivity index (χ2n) is 5.57. The van der Waals surface area contributed by atoms with Crippen LogP contribution in [0.1, 0.15) is 17.1 Å². The van der Waals surface area contributed by atoms with Crippen molar-refractivity contribution in [2.45, 2.75) is 0 Å². The maximum atomic E-state index is 5.77. The van der Waals surface area contributed by atoms with Crippen LogP contribution in [0.25, 0.3) is 33.2 Å². The summed E-state index contributed by atoms with van der Waals surface area (Å²) in [6.07, 6.45) is 1.70. The number of rotatable bonds is 3. The summed E-state index contributed by atoms with van der Waals surface area (Å²) in [6.45, 7) is 7.98. The molecule has 1 heteroatoms. The fourth-order valence-corrected chi connectivity index (χ4v) is 3.06. The van der Waals surface area contributed by atoms with Crippen molar-refractivity contribution >= 4 is 33.2 Å². The normalized spacial score (nSPS) is 11.0. The molecule has 0 aliphatic rings. The Hall–Kier alpha value is -3.06. The molecule has 0 N–H and O–H groups in total. The van der Waals surface area contributed by atoms with Crippen LogP contribution < -0.4 is 0 Å². The van der Waals surface area contributed by atoms with Crippen molar-refractivity contribution in [2.75, 3.05) is 0 Å². The second kappa shape index (κ2) is 5.29. The van der Waals surface area contributed by atoms with Gasteiger partial charge >= 0.3 is 0 Å². The fraction of sp³-hybridized carbons (Fsp3) is 0. The molecule has 1 heterocycles. The van der Waals surface area contributed by atoms with E-state index in [0.717, 1.165) is 22.7 Å². The largest absolute Gasteiger partial charge is 0.457 e. The van der Waals surface area contributed by atoms with E-state index in [4.69, 9.17) is 4.42 Å². The molecule has 110 valence electrons. The summed E-state index contributed by atoms with van der Waals surface area (Å²) in [5, 5.41) is 4.92. The van der Waals surface area contributed by atoms with Gasteiger partial charge in [0.2, 0.25) is 0 Å². The second-order valence-corrected chi connectivity index (χ2v) is 5.57. The Labute approximate surface area is 135 Å². The van der Waals surface area contributed by atoms with Gasteiger partial charge in [0.25, 0.3) is 0 Å². The molecular weight excluding hydrogens is 280 g/mol. The van der Waals surface area contributed by atoms with Crippen molar-refractivity contribution in [1.29, 1.82) is 0 Å². The number of hydrogen-bond donors (Lipinski definition) is 0. The molecule has 0 radical (unpaired) electrons. The van der Waals surface area contributed by atoms with Gasteiger partial charge in [-0.3, -0.25) is 0 Å². The lowest BCUT2D eigenvalue weighted by molar-refractivity contribution is 0.544. The van der Waals surface area contributed by atoms with Crippen LogP contribution in [-0.4, -0.2) is 0 Å². The summed E-state index contributed by atoms with van der Waals surface area (Å²) in [4.78, 5) is 0. The van der Waals surface area contributed by atoms with Crippen LogP contribution in [0.5, 0.6) is 0 Å². The predicted octanol–water partition coefficient (Wildman–Crippen LogP) is 6.29. The Bertz CT molecular complexity index is 1050. The van der Waals surface area contributed by atoms with Gasteiger partial charge in [0, 0.05) is 5.57 Å². The van der Waals surface area contributed by atoms with Crippen LogP contribution >= 0.6 is 0 Å². The van der Waals surface area contributed by atoms with Crippen molar-refractivity contribution in [3.05, 3.63) is 97.0 Å². The first kappa shape index (κ1) is 13.6. The Morgan fingerprint density at radius 2 is 1.61 bits per heavy atom. The van der Waals surface area contributed by atoms with Crippen LogP contribution in [0.4, 0.5) is 0 Å². The molecule has 0 atom stereocenters. The monoisotopic (exact) mass is 296 g/mol. The van der Waals surface area contributed by atoms with E-state index < -0.39 is 0 Å². The molecule has 1 aromatic heterocycles. The summed E-state index contributed by atoms with van der Waals surface area (Å²) < 4.78 is 5.77. The summed E-state index contributed by atoms with van der Waals surface area (Å²) in [5.41, 5.74) is 1.98. The molecule has 4 aromatic rings. The lowest BCUT2D eigenvalue weighted by Crippen LogP contribution is -1.87. The highest BCUT2D eigenvalue weighted by Crippen LogP contribution is 2.33. The molecule has 0 aliphatic carbocycles.